The molecular weight excluding hydrogens is 258 g/mol. The summed E-state index contributed by atoms with van der Waals surface area (Å²) in [4.78, 5) is 23.0. The maximum Gasteiger partial charge on any atom is 0.412 e. The molecule has 0 heterocycles. The van der Waals surface area contributed by atoms with Gasteiger partial charge in [-0.05, 0) is 45.4 Å². The average molecular weight is 279 g/mol. The van der Waals surface area contributed by atoms with E-state index in [0.717, 1.165) is 5.56 Å². The molecule has 1 N–H and O–H groups in total. The number of anilines is 1. The largest absolute Gasteiger partial charge is 0.469 e. The molecule has 0 aliphatic heterocycles. The van der Waals surface area contributed by atoms with E-state index in [1.807, 2.05) is 0 Å². The predicted octanol–water partition coefficient (Wildman–Crippen LogP) is 3.31. The minimum Gasteiger partial charge on any atom is -0.469 e. The maximum atomic E-state index is 11.6. The topological polar surface area (TPSA) is 64.6 Å². The van der Waals surface area contributed by atoms with E-state index in [9.17, 15) is 9.59 Å². The van der Waals surface area contributed by atoms with E-state index in [-0.39, 0.29) is 11.9 Å². The third-order valence-corrected chi connectivity index (χ3v) is 2.61. The van der Waals surface area contributed by atoms with E-state index >= 15 is 0 Å². The summed E-state index contributed by atoms with van der Waals surface area (Å²) in [6.45, 7) is 7.16. The van der Waals surface area contributed by atoms with Gasteiger partial charge in [-0.2, -0.15) is 0 Å². The predicted molar refractivity (Wildman–Crippen MR) is 76.7 cm³/mol. The van der Waals surface area contributed by atoms with Crippen molar-refractivity contribution < 1.29 is 19.1 Å². The van der Waals surface area contributed by atoms with Gasteiger partial charge in [-0.25, -0.2) is 4.79 Å². The minimum absolute atomic E-state index is 0.294. The molecule has 1 aromatic rings. The Morgan fingerprint density at radius 1 is 1.15 bits per heavy atom. The molecule has 1 amide bonds. The molecule has 0 bridgehead atoms. The number of amides is 1. The van der Waals surface area contributed by atoms with Crippen LogP contribution in [0.15, 0.2) is 24.3 Å². The van der Waals surface area contributed by atoms with Crippen molar-refractivity contribution in [1.29, 1.82) is 0 Å². The molecule has 20 heavy (non-hydrogen) atoms. The van der Waals surface area contributed by atoms with Crippen LogP contribution in [0.5, 0.6) is 0 Å². The van der Waals surface area contributed by atoms with Crippen LogP contribution in [0.3, 0.4) is 0 Å². The van der Waals surface area contributed by atoms with Crippen molar-refractivity contribution in [2.24, 2.45) is 0 Å². The maximum absolute atomic E-state index is 11.6. The molecule has 0 saturated carbocycles. The summed E-state index contributed by atoms with van der Waals surface area (Å²) in [5.41, 5.74) is 0.898. The highest BCUT2D eigenvalue weighted by Gasteiger charge is 2.17. The fraction of sp³-hybridized carbons (Fsp3) is 0.467. The lowest BCUT2D eigenvalue weighted by molar-refractivity contribution is -0.141. The van der Waals surface area contributed by atoms with Gasteiger partial charge >= 0.3 is 12.1 Å². The van der Waals surface area contributed by atoms with Crippen LogP contribution in [0.4, 0.5) is 10.5 Å². The van der Waals surface area contributed by atoms with E-state index in [1.54, 1.807) is 52.0 Å². The van der Waals surface area contributed by atoms with Crippen LogP contribution < -0.4 is 5.32 Å². The first-order chi connectivity index (χ1) is 9.23. The highest BCUT2D eigenvalue weighted by atomic mass is 16.6. The Bertz CT molecular complexity index is 474. The van der Waals surface area contributed by atoms with Gasteiger partial charge in [-0.1, -0.05) is 12.1 Å². The highest BCUT2D eigenvalue weighted by Crippen LogP contribution is 2.19. The normalized spacial score (nSPS) is 12.4. The summed E-state index contributed by atoms with van der Waals surface area (Å²) >= 11 is 0. The second kappa shape index (κ2) is 6.41. The molecule has 1 unspecified atom stereocenters. The Balaban J connectivity index is 2.68. The Morgan fingerprint density at radius 3 is 2.15 bits per heavy atom. The molecule has 1 rings (SSSR count). The molecule has 0 fully saturated rings. The fourth-order valence-electron chi connectivity index (χ4n) is 1.59. The lowest BCUT2D eigenvalue weighted by Gasteiger charge is -2.19. The fourth-order valence-corrected chi connectivity index (χ4v) is 1.59. The SMILES string of the molecule is COC(=O)C(C)c1ccc(NC(=O)OC(C)(C)C)cc1. The molecule has 1 aromatic carbocycles. The lowest BCUT2D eigenvalue weighted by atomic mass is 10.0. The van der Waals surface area contributed by atoms with Gasteiger partial charge in [0.1, 0.15) is 5.60 Å². The average Bonchev–Trinajstić information content (AvgIpc) is 2.35. The number of nitrogens with one attached hydrogen (secondary N) is 1. The van der Waals surface area contributed by atoms with Crippen LogP contribution in [0.25, 0.3) is 0 Å². The van der Waals surface area contributed by atoms with Crippen molar-refractivity contribution in [3.63, 3.8) is 0 Å². The summed E-state index contributed by atoms with van der Waals surface area (Å²) < 4.78 is 9.84. The lowest BCUT2D eigenvalue weighted by Crippen LogP contribution is -2.27. The Morgan fingerprint density at radius 2 is 1.70 bits per heavy atom. The first kappa shape index (κ1) is 16.0. The van der Waals surface area contributed by atoms with Gasteiger partial charge in [-0.3, -0.25) is 10.1 Å². The first-order valence-corrected chi connectivity index (χ1v) is 6.40. The molecule has 0 aliphatic carbocycles. The molecule has 0 radical (unpaired) electrons. The van der Waals surface area contributed by atoms with Gasteiger partial charge in [0, 0.05) is 5.69 Å². The van der Waals surface area contributed by atoms with Gasteiger partial charge in [0.05, 0.1) is 13.0 Å². The van der Waals surface area contributed by atoms with Crippen LogP contribution in [0, 0.1) is 0 Å². The van der Waals surface area contributed by atoms with Gasteiger partial charge < -0.3 is 9.47 Å². The number of benzene rings is 1. The monoisotopic (exact) mass is 279 g/mol. The van der Waals surface area contributed by atoms with Crippen LogP contribution >= 0.6 is 0 Å². The number of rotatable bonds is 3. The Labute approximate surface area is 119 Å². The number of hydrogen-bond acceptors (Lipinski definition) is 4. The van der Waals surface area contributed by atoms with Crippen molar-refractivity contribution >= 4 is 17.7 Å². The van der Waals surface area contributed by atoms with Crippen molar-refractivity contribution in [2.75, 3.05) is 12.4 Å². The summed E-state index contributed by atoms with van der Waals surface area (Å²) in [7, 11) is 1.36. The molecule has 0 aliphatic rings. The number of hydrogen-bond donors (Lipinski definition) is 1. The van der Waals surface area contributed by atoms with Crippen molar-refractivity contribution in [1.82, 2.24) is 0 Å². The summed E-state index contributed by atoms with van der Waals surface area (Å²) in [6, 6.07) is 6.99. The molecule has 0 spiro atoms. The van der Waals surface area contributed by atoms with Gasteiger partial charge in [0.25, 0.3) is 0 Å². The Hall–Kier alpha value is -2.04. The zero-order valence-electron chi connectivity index (χ0n) is 12.5. The van der Waals surface area contributed by atoms with Gasteiger partial charge in [0.15, 0.2) is 0 Å². The van der Waals surface area contributed by atoms with E-state index in [0.29, 0.717) is 5.69 Å². The first-order valence-electron chi connectivity index (χ1n) is 6.40. The quantitative estimate of drug-likeness (QED) is 0.862. The number of carbonyl (C=O) groups excluding carboxylic acids is 2. The van der Waals surface area contributed by atoms with E-state index < -0.39 is 11.7 Å². The highest BCUT2D eigenvalue weighted by molar-refractivity contribution is 5.85. The van der Waals surface area contributed by atoms with Crippen LogP contribution in [-0.2, 0) is 14.3 Å². The van der Waals surface area contributed by atoms with Crippen LogP contribution in [0.1, 0.15) is 39.2 Å². The van der Waals surface area contributed by atoms with Gasteiger partial charge in [-0.15, -0.1) is 0 Å². The van der Waals surface area contributed by atoms with Crippen molar-refractivity contribution in [3.05, 3.63) is 29.8 Å². The van der Waals surface area contributed by atoms with Crippen LogP contribution in [-0.4, -0.2) is 24.8 Å². The number of methoxy groups -OCH3 is 1. The zero-order chi connectivity index (χ0) is 15.3. The third kappa shape index (κ3) is 4.91. The van der Waals surface area contributed by atoms with Crippen molar-refractivity contribution in [2.45, 2.75) is 39.2 Å². The number of esters is 1. The molecule has 0 aromatic heterocycles. The third-order valence-electron chi connectivity index (χ3n) is 2.61. The second-order valence-corrected chi connectivity index (χ2v) is 5.49. The van der Waals surface area contributed by atoms with E-state index in [2.05, 4.69) is 10.1 Å². The standard InChI is InChI=1S/C15H21NO4/c1-10(13(17)19-5)11-6-8-12(9-7-11)16-14(18)20-15(2,3)4/h6-10H,1-5H3,(H,16,18). The molecular formula is C15H21NO4. The van der Waals surface area contributed by atoms with E-state index in [4.69, 9.17) is 4.74 Å². The van der Waals surface area contributed by atoms with Crippen molar-refractivity contribution in [3.8, 4) is 0 Å². The number of ether oxygens (including phenoxy) is 2. The van der Waals surface area contributed by atoms with Gasteiger partial charge in [0.2, 0.25) is 0 Å². The summed E-state index contributed by atoms with van der Waals surface area (Å²) in [6.07, 6.45) is -0.508. The summed E-state index contributed by atoms with van der Waals surface area (Å²) in [5.74, 6) is -0.631. The molecule has 5 nitrogen and oxygen atoms in total. The molecule has 5 heteroatoms. The summed E-state index contributed by atoms with van der Waals surface area (Å²) in [5, 5.41) is 2.63. The van der Waals surface area contributed by atoms with Crippen LogP contribution in [0.2, 0.25) is 0 Å². The smallest absolute Gasteiger partial charge is 0.412 e. The zero-order valence-corrected chi connectivity index (χ0v) is 12.5. The second-order valence-electron chi connectivity index (χ2n) is 5.49. The minimum atomic E-state index is -0.538. The van der Waals surface area contributed by atoms with E-state index in [1.165, 1.54) is 7.11 Å². The molecule has 110 valence electrons. The molecule has 1 atom stereocenters. The Kier molecular flexibility index (Phi) is 5.13. The number of carbonyl (C=O) groups is 2. The molecule has 0 saturated heterocycles.